The zero-order chi connectivity index (χ0) is 16.4. The van der Waals surface area contributed by atoms with Gasteiger partial charge in [-0.25, -0.2) is 9.78 Å². The molecule has 0 spiro atoms. The van der Waals surface area contributed by atoms with Crippen molar-refractivity contribution in [2.45, 2.75) is 43.9 Å². The standard InChI is InChI=1S/C17H23N5OS/c23-17(18-8-5-14-2-1-11-24-14)22-9-6-13(7-10-22)16-19-15(20-21-16)12-3-4-12/h1-2,11-13H,3-10H2,(H,18,23)(H,19,20,21). The normalized spacial score (nSPS) is 18.8. The number of thiophene rings is 1. The fourth-order valence-electron chi connectivity index (χ4n) is 3.21. The van der Waals surface area contributed by atoms with E-state index in [0.29, 0.717) is 18.4 Å². The third-order valence-electron chi connectivity index (χ3n) is 4.86. The highest BCUT2D eigenvalue weighted by Crippen LogP contribution is 2.38. The van der Waals surface area contributed by atoms with Crippen LogP contribution < -0.4 is 5.32 Å². The Bertz CT molecular complexity index is 671. The molecule has 24 heavy (non-hydrogen) atoms. The Kier molecular flexibility index (Phi) is 4.51. The molecule has 7 heteroatoms. The van der Waals surface area contributed by atoms with Crippen molar-refractivity contribution in [3.63, 3.8) is 0 Å². The number of urea groups is 1. The van der Waals surface area contributed by atoms with Crippen molar-refractivity contribution in [2.75, 3.05) is 19.6 Å². The van der Waals surface area contributed by atoms with Crippen LogP contribution in [0.5, 0.6) is 0 Å². The van der Waals surface area contributed by atoms with Crippen molar-refractivity contribution in [3.05, 3.63) is 34.0 Å². The van der Waals surface area contributed by atoms with Gasteiger partial charge in [-0.1, -0.05) is 6.07 Å². The predicted octanol–water partition coefficient (Wildman–Crippen LogP) is 2.88. The molecule has 2 aromatic heterocycles. The molecular weight excluding hydrogens is 322 g/mol. The molecule has 6 nitrogen and oxygen atoms in total. The molecule has 0 bridgehead atoms. The van der Waals surface area contributed by atoms with E-state index < -0.39 is 0 Å². The molecule has 0 atom stereocenters. The molecular formula is C17H23N5OS. The summed E-state index contributed by atoms with van der Waals surface area (Å²) in [5, 5.41) is 12.6. The molecule has 2 N–H and O–H groups in total. The molecule has 4 rings (SSSR count). The fraction of sp³-hybridized carbons (Fsp3) is 0.588. The first kappa shape index (κ1) is 15.6. The van der Waals surface area contributed by atoms with E-state index in [9.17, 15) is 4.79 Å². The summed E-state index contributed by atoms with van der Waals surface area (Å²) in [6.07, 6.45) is 5.26. The number of hydrogen-bond donors (Lipinski definition) is 2. The van der Waals surface area contributed by atoms with E-state index in [-0.39, 0.29) is 6.03 Å². The number of carbonyl (C=O) groups is 1. The zero-order valence-corrected chi connectivity index (χ0v) is 14.5. The number of hydrogen-bond acceptors (Lipinski definition) is 4. The molecule has 1 aliphatic carbocycles. The lowest BCUT2D eigenvalue weighted by molar-refractivity contribution is 0.180. The number of amides is 2. The minimum Gasteiger partial charge on any atom is -0.338 e. The van der Waals surface area contributed by atoms with Crippen molar-refractivity contribution < 1.29 is 4.79 Å². The van der Waals surface area contributed by atoms with E-state index in [1.165, 1.54) is 17.7 Å². The van der Waals surface area contributed by atoms with Gasteiger partial charge in [-0.05, 0) is 43.6 Å². The third-order valence-corrected chi connectivity index (χ3v) is 5.80. The lowest BCUT2D eigenvalue weighted by Gasteiger charge is -2.31. The SMILES string of the molecule is O=C(NCCc1cccs1)N1CCC(c2nc(C3CC3)n[nH]2)CC1. The molecule has 0 unspecified atom stereocenters. The highest BCUT2D eigenvalue weighted by molar-refractivity contribution is 7.09. The molecule has 1 saturated carbocycles. The van der Waals surface area contributed by atoms with Crippen LogP contribution in [-0.4, -0.2) is 45.7 Å². The molecule has 128 valence electrons. The summed E-state index contributed by atoms with van der Waals surface area (Å²) >= 11 is 1.74. The molecule has 1 aliphatic heterocycles. The minimum atomic E-state index is 0.0567. The van der Waals surface area contributed by atoms with Gasteiger partial charge >= 0.3 is 6.03 Å². The van der Waals surface area contributed by atoms with Crippen molar-refractivity contribution in [1.29, 1.82) is 0 Å². The van der Waals surface area contributed by atoms with Gasteiger partial charge < -0.3 is 10.2 Å². The first-order chi connectivity index (χ1) is 11.8. The molecule has 2 amide bonds. The lowest BCUT2D eigenvalue weighted by atomic mass is 9.96. The van der Waals surface area contributed by atoms with Gasteiger partial charge in [0.2, 0.25) is 0 Å². The maximum absolute atomic E-state index is 12.3. The van der Waals surface area contributed by atoms with Crippen LogP contribution in [0, 0.1) is 0 Å². The third kappa shape index (κ3) is 3.61. The number of nitrogens with one attached hydrogen (secondary N) is 2. The van der Waals surface area contributed by atoms with Crippen molar-refractivity contribution in [2.24, 2.45) is 0 Å². The summed E-state index contributed by atoms with van der Waals surface area (Å²) < 4.78 is 0. The number of nitrogens with zero attached hydrogens (tertiary/aromatic N) is 3. The Labute approximate surface area is 145 Å². The number of likely N-dealkylation sites (tertiary alicyclic amines) is 1. The number of carbonyl (C=O) groups excluding carboxylic acids is 1. The summed E-state index contributed by atoms with van der Waals surface area (Å²) in [7, 11) is 0. The molecule has 3 heterocycles. The van der Waals surface area contributed by atoms with Crippen LogP contribution in [-0.2, 0) is 6.42 Å². The molecule has 2 aromatic rings. The second-order valence-corrected chi connectivity index (χ2v) is 7.71. The molecule has 2 aliphatic rings. The van der Waals surface area contributed by atoms with Gasteiger partial charge in [-0.15, -0.1) is 11.3 Å². The summed E-state index contributed by atoms with van der Waals surface area (Å²) in [6, 6.07) is 4.21. The van der Waals surface area contributed by atoms with Crippen LogP contribution in [0.25, 0.3) is 0 Å². The zero-order valence-electron chi connectivity index (χ0n) is 13.7. The van der Waals surface area contributed by atoms with Crippen LogP contribution in [0.15, 0.2) is 17.5 Å². The molecule has 0 radical (unpaired) electrons. The number of rotatable bonds is 5. The van der Waals surface area contributed by atoms with Crippen molar-refractivity contribution in [3.8, 4) is 0 Å². The second-order valence-electron chi connectivity index (χ2n) is 6.68. The van der Waals surface area contributed by atoms with Gasteiger partial charge in [0.05, 0.1) is 0 Å². The van der Waals surface area contributed by atoms with Gasteiger partial charge in [0.15, 0.2) is 5.82 Å². The van der Waals surface area contributed by atoms with Crippen LogP contribution in [0.2, 0.25) is 0 Å². The van der Waals surface area contributed by atoms with Crippen LogP contribution in [0.3, 0.4) is 0 Å². The Balaban J connectivity index is 1.22. The van der Waals surface area contributed by atoms with E-state index in [0.717, 1.165) is 44.0 Å². The van der Waals surface area contributed by atoms with E-state index in [1.807, 2.05) is 11.0 Å². The predicted molar refractivity (Wildman–Crippen MR) is 93.3 cm³/mol. The summed E-state index contributed by atoms with van der Waals surface area (Å²) in [4.78, 5) is 20.1. The Morgan fingerprint density at radius 2 is 2.12 bits per heavy atom. The highest BCUT2D eigenvalue weighted by Gasteiger charge is 2.30. The average Bonchev–Trinajstić information content (AvgIpc) is 3.12. The quantitative estimate of drug-likeness (QED) is 0.875. The average molecular weight is 345 g/mol. The van der Waals surface area contributed by atoms with Gasteiger partial charge in [0.25, 0.3) is 0 Å². The van der Waals surface area contributed by atoms with Crippen molar-refractivity contribution >= 4 is 17.4 Å². The summed E-state index contributed by atoms with van der Waals surface area (Å²) in [5.41, 5.74) is 0. The Morgan fingerprint density at radius 1 is 1.29 bits per heavy atom. The Morgan fingerprint density at radius 3 is 2.83 bits per heavy atom. The topological polar surface area (TPSA) is 73.9 Å². The van der Waals surface area contributed by atoms with E-state index in [1.54, 1.807) is 11.3 Å². The number of aromatic nitrogens is 3. The monoisotopic (exact) mass is 345 g/mol. The second kappa shape index (κ2) is 6.93. The van der Waals surface area contributed by atoms with Gasteiger partial charge in [-0.2, -0.15) is 5.10 Å². The van der Waals surface area contributed by atoms with Crippen LogP contribution in [0.1, 0.15) is 54.0 Å². The largest absolute Gasteiger partial charge is 0.338 e. The first-order valence-electron chi connectivity index (χ1n) is 8.77. The summed E-state index contributed by atoms with van der Waals surface area (Å²) in [5.74, 6) is 2.98. The smallest absolute Gasteiger partial charge is 0.317 e. The Hall–Kier alpha value is -1.89. The van der Waals surface area contributed by atoms with Crippen molar-refractivity contribution in [1.82, 2.24) is 25.4 Å². The number of H-pyrrole nitrogens is 1. The summed E-state index contributed by atoms with van der Waals surface area (Å²) in [6.45, 7) is 2.27. The molecule has 2 fully saturated rings. The minimum absolute atomic E-state index is 0.0567. The number of aromatic amines is 1. The van der Waals surface area contributed by atoms with E-state index >= 15 is 0 Å². The van der Waals surface area contributed by atoms with Crippen LogP contribution >= 0.6 is 11.3 Å². The maximum Gasteiger partial charge on any atom is 0.317 e. The maximum atomic E-state index is 12.3. The van der Waals surface area contributed by atoms with Gasteiger partial charge in [0.1, 0.15) is 5.82 Å². The van der Waals surface area contributed by atoms with E-state index in [2.05, 4.69) is 31.9 Å². The molecule has 1 saturated heterocycles. The van der Waals surface area contributed by atoms with Gasteiger partial charge in [-0.3, -0.25) is 5.10 Å². The molecule has 0 aromatic carbocycles. The van der Waals surface area contributed by atoms with Gasteiger partial charge in [0, 0.05) is 36.3 Å². The first-order valence-corrected chi connectivity index (χ1v) is 9.65. The lowest BCUT2D eigenvalue weighted by Crippen LogP contribution is -2.44. The highest BCUT2D eigenvalue weighted by atomic mass is 32.1. The fourth-order valence-corrected chi connectivity index (χ4v) is 3.92. The van der Waals surface area contributed by atoms with Crippen LogP contribution in [0.4, 0.5) is 4.79 Å². The van der Waals surface area contributed by atoms with E-state index in [4.69, 9.17) is 0 Å². The number of piperidine rings is 1.